The summed E-state index contributed by atoms with van der Waals surface area (Å²) in [6.07, 6.45) is -0.490. The van der Waals surface area contributed by atoms with Crippen molar-refractivity contribution in [2.75, 3.05) is 6.54 Å². The quantitative estimate of drug-likeness (QED) is 0.790. The van der Waals surface area contributed by atoms with Crippen molar-refractivity contribution in [2.24, 2.45) is 0 Å². The average Bonchev–Trinajstić information content (AvgIpc) is 2.75. The van der Waals surface area contributed by atoms with E-state index in [2.05, 4.69) is 29.6 Å². The molecule has 2 aromatic carbocycles. The Morgan fingerprint density at radius 1 is 1.12 bits per heavy atom. The van der Waals surface area contributed by atoms with Gasteiger partial charge in [-0.15, -0.1) is 0 Å². The van der Waals surface area contributed by atoms with E-state index >= 15 is 0 Å². The summed E-state index contributed by atoms with van der Waals surface area (Å²) in [6.45, 7) is 0.553. The van der Waals surface area contributed by atoms with Gasteiger partial charge in [0.25, 0.3) is 0 Å². The van der Waals surface area contributed by atoms with Crippen molar-refractivity contribution >= 4 is 16.9 Å². The predicted octanol–water partition coefficient (Wildman–Crippen LogP) is 2.62. The van der Waals surface area contributed by atoms with E-state index in [9.17, 15) is 4.79 Å². The highest BCUT2D eigenvalue weighted by molar-refractivity contribution is 5.83. The number of nitrogens with one attached hydrogen (secondary N) is 1. The summed E-state index contributed by atoms with van der Waals surface area (Å²) in [5, 5.41) is 5.02. The Hall–Kier alpha value is -2.03. The van der Waals surface area contributed by atoms with E-state index in [1.165, 1.54) is 10.8 Å². The van der Waals surface area contributed by atoms with Gasteiger partial charge in [0.05, 0.1) is 6.54 Å². The molecule has 3 heteroatoms. The maximum atomic E-state index is 11.0. The molecule has 1 aliphatic heterocycles. The van der Waals surface area contributed by atoms with Gasteiger partial charge in [-0.3, -0.25) is 0 Å². The molecule has 1 fully saturated rings. The Bertz CT molecular complexity index is 550. The summed E-state index contributed by atoms with van der Waals surface area (Å²) in [4.78, 5) is 11.0. The fourth-order valence-corrected chi connectivity index (χ4v) is 1.98. The van der Waals surface area contributed by atoms with Gasteiger partial charge < -0.3 is 10.1 Å². The molecule has 80 valence electrons. The third kappa shape index (κ3) is 1.50. The van der Waals surface area contributed by atoms with Crippen LogP contribution >= 0.6 is 0 Å². The highest BCUT2D eigenvalue weighted by atomic mass is 16.6. The summed E-state index contributed by atoms with van der Waals surface area (Å²) in [5.41, 5.74) is 1.04. The topological polar surface area (TPSA) is 38.3 Å². The molecule has 16 heavy (non-hydrogen) atoms. The van der Waals surface area contributed by atoms with E-state index in [1.807, 2.05) is 18.2 Å². The van der Waals surface area contributed by atoms with E-state index in [0.29, 0.717) is 6.54 Å². The number of fused-ring (bicyclic) bond motifs is 1. The van der Waals surface area contributed by atoms with Crippen molar-refractivity contribution in [3.05, 3.63) is 48.0 Å². The minimum absolute atomic E-state index is 0.155. The number of ether oxygens (including phenoxy) is 1. The van der Waals surface area contributed by atoms with Crippen LogP contribution in [-0.2, 0) is 4.74 Å². The maximum absolute atomic E-state index is 11.0. The number of amides is 1. The fourth-order valence-electron chi connectivity index (χ4n) is 1.98. The SMILES string of the molecule is O=C1NCC(c2ccc3ccccc3c2)O1. The zero-order valence-electron chi connectivity index (χ0n) is 8.64. The lowest BCUT2D eigenvalue weighted by atomic mass is 10.0. The Morgan fingerprint density at radius 2 is 1.94 bits per heavy atom. The summed E-state index contributed by atoms with van der Waals surface area (Å²) in [5.74, 6) is 0. The van der Waals surface area contributed by atoms with Crippen molar-refractivity contribution in [3.63, 3.8) is 0 Å². The monoisotopic (exact) mass is 213 g/mol. The van der Waals surface area contributed by atoms with Crippen molar-refractivity contribution in [1.29, 1.82) is 0 Å². The molecule has 0 radical (unpaired) electrons. The number of carbonyl (C=O) groups excluding carboxylic acids is 1. The van der Waals surface area contributed by atoms with Crippen LogP contribution in [0.2, 0.25) is 0 Å². The maximum Gasteiger partial charge on any atom is 0.407 e. The van der Waals surface area contributed by atoms with Gasteiger partial charge >= 0.3 is 6.09 Å². The zero-order valence-corrected chi connectivity index (χ0v) is 8.64. The second-order valence-corrected chi connectivity index (χ2v) is 3.88. The lowest BCUT2D eigenvalue weighted by Gasteiger charge is -2.08. The normalized spacial score (nSPS) is 19.5. The first-order valence-corrected chi connectivity index (χ1v) is 5.26. The predicted molar refractivity (Wildman–Crippen MR) is 61.2 cm³/mol. The standard InChI is InChI=1S/C13H11NO2/c15-13-14-8-12(16-13)11-6-5-9-3-1-2-4-10(9)7-11/h1-7,12H,8H2,(H,14,15). The van der Waals surface area contributed by atoms with Crippen molar-refractivity contribution in [2.45, 2.75) is 6.10 Å². The zero-order chi connectivity index (χ0) is 11.0. The van der Waals surface area contributed by atoms with Crippen LogP contribution in [0.3, 0.4) is 0 Å². The summed E-state index contributed by atoms with van der Waals surface area (Å²) in [6, 6.07) is 14.3. The number of hydrogen-bond donors (Lipinski definition) is 1. The van der Waals surface area contributed by atoms with Gasteiger partial charge in [-0.2, -0.15) is 0 Å². The summed E-state index contributed by atoms with van der Waals surface area (Å²) in [7, 11) is 0. The number of cyclic esters (lactones) is 1. The van der Waals surface area contributed by atoms with E-state index < -0.39 is 0 Å². The molecule has 1 N–H and O–H groups in total. The molecule has 1 saturated heterocycles. The molecule has 2 aromatic rings. The third-order valence-electron chi connectivity index (χ3n) is 2.83. The van der Waals surface area contributed by atoms with Gasteiger partial charge in [0, 0.05) is 0 Å². The molecule has 0 saturated carbocycles. The van der Waals surface area contributed by atoms with Crippen LogP contribution in [0.1, 0.15) is 11.7 Å². The second kappa shape index (κ2) is 3.52. The van der Waals surface area contributed by atoms with Crippen LogP contribution in [0, 0.1) is 0 Å². The third-order valence-corrected chi connectivity index (χ3v) is 2.83. The molecular formula is C13H11NO2. The molecule has 1 unspecified atom stereocenters. The first kappa shape index (κ1) is 9.21. The Labute approximate surface area is 93.0 Å². The Morgan fingerprint density at radius 3 is 2.69 bits per heavy atom. The van der Waals surface area contributed by atoms with Crippen LogP contribution in [-0.4, -0.2) is 12.6 Å². The lowest BCUT2D eigenvalue weighted by Crippen LogP contribution is -2.12. The molecule has 0 spiro atoms. The van der Waals surface area contributed by atoms with Crippen LogP contribution < -0.4 is 5.32 Å². The number of hydrogen-bond acceptors (Lipinski definition) is 2. The van der Waals surface area contributed by atoms with Crippen LogP contribution in [0.15, 0.2) is 42.5 Å². The molecular weight excluding hydrogens is 202 g/mol. The average molecular weight is 213 g/mol. The number of carbonyl (C=O) groups is 1. The minimum Gasteiger partial charge on any atom is -0.439 e. The van der Waals surface area contributed by atoms with Crippen LogP contribution in [0.25, 0.3) is 10.8 Å². The van der Waals surface area contributed by atoms with Gasteiger partial charge in [-0.1, -0.05) is 36.4 Å². The highest BCUT2D eigenvalue weighted by Gasteiger charge is 2.23. The number of alkyl carbamates (subject to hydrolysis) is 1. The molecule has 0 bridgehead atoms. The van der Waals surface area contributed by atoms with E-state index in [-0.39, 0.29) is 12.2 Å². The second-order valence-electron chi connectivity index (χ2n) is 3.88. The largest absolute Gasteiger partial charge is 0.439 e. The van der Waals surface area contributed by atoms with Crippen LogP contribution in [0.4, 0.5) is 4.79 Å². The molecule has 1 heterocycles. The van der Waals surface area contributed by atoms with Gasteiger partial charge in [0.15, 0.2) is 0 Å². The van der Waals surface area contributed by atoms with Gasteiger partial charge in [-0.25, -0.2) is 4.79 Å². The molecule has 3 rings (SSSR count). The van der Waals surface area contributed by atoms with Gasteiger partial charge in [0.1, 0.15) is 6.10 Å². The Kier molecular flexibility index (Phi) is 2.03. The summed E-state index contributed by atoms with van der Waals surface area (Å²) < 4.78 is 5.15. The molecule has 3 nitrogen and oxygen atoms in total. The van der Waals surface area contributed by atoms with Crippen molar-refractivity contribution in [1.82, 2.24) is 5.32 Å². The van der Waals surface area contributed by atoms with Crippen LogP contribution in [0.5, 0.6) is 0 Å². The van der Waals surface area contributed by atoms with E-state index in [4.69, 9.17) is 4.74 Å². The smallest absolute Gasteiger partial charge is 0.407 e. The molecule has 0 aliphatic carbocycles. The van der Waals surface area contributed by atoms with Crippen molar-refractivity contribution < 1.29 is 9.53 Å². The molecule has 1 atom stereocenters. The van der Waals surface area contributed by atoms with E-state index in [1.54, 1.807) is 0 Å². The van der Waals surface area contributed by atoms with E-state index in [0.717, 1.165) is 5.56 Å². The molecule has 1 aliphatic rings. The number of benzene rings is 2. The van der Waals surface area contributed by atoms with Crippen molar-refractivity contribution in [3.8, 4) is 0 Å². The molecule has 0 aromatic heterocycles. The van der Waals surface area contributed by atoms with Gasteiger partial charge in [0.2, 0.25) is 0 Å². The Balaban J connectivity index is 2.02. The first-order valence-electron chi connectivity index (χ1n) is 5.26. The molecule has 1 amide bonds. The fraction of sp³-hybridized carbons (Fsp3) is 0.154. The summed E-state index contributed by atoms with van der Waals surface area (Å²) >= 11 is 0. The number of rotatable bonds is 1. The lowest BCUT2D eigenvalue weighted by molar-refractivity contribution is 0.141. The van der Waals surface area contributed by atoms with Gasteiger partial charge in [-0.05, 0) is 22.4 Å². The minimum atomic E-state index is -0.335. The first-order chi connectivity index (χ1) is 7.83. The highest BCUT2D eigenvalue weighted by Crippen LogP contribution is 2.24.